The summed E-state index contributed by atoms with van der Waals surface area (Å²) in [6.07, 6.45) is 0.169. The highest BCUT2D eigenvalue weighted by molar-refractivity contribution is 5.79. The number of benzene rings is 1. The lowest BCUT2D eigenvalue weighted by molar-refractivity contribution is -0.120. The molecule has 1 atom stereocenters. The maximum atomic E-state index is 11.8. The lowest BCUT2D eigenvalue weighted by atomic mass is 9.85. The molecule has 1 rings (SSSR count). The number of phenolic OH excluding ortho intramolecular Hbond substituents is 1. The minimum absolute atomic E-state index is 0.0709. The van der Waals surface area contributed by atoms with Gasteiger partial charge < -0.3 is 16.2 Å². The first-order valence-electron chi connectivity index (χ1n) is 6.55. The summed E-state index contributed by atoms with van der Waals surface area (Å²) in [5.41, 5.74) is 6.93. The average molecular weight is 264 g/mol. The monoisotopic (exact) mass is 264 g/mol. The molecule has 19 heavy (non-hydrogen) atoms. The van der Waals surface area contributed by atoms with Gasteiger partial charge in [0.2, 0.25) is 5.91 Å². The molecule has 4 heteroatoms. The van der Waals surface area contributed by atoms with E-state index in [2.05, 4.69) is 5.32 Å². The van der Waals surface area contributed by atoms with Crippen LogP contribution >= 0.6 is 0 Å². The molecule has 0 radical (unpaired) electrons. The summed E-state index contributed by atoms with van der Waals surface area (Å²) in [6.45, 7) is 8.36. The third-order valence-corrected chi connectivity index (χ3v) is 2.90. The van der Waals surface area contributed by atoms with E-state index in [0.29, 0.717) is 12.1 Å². The number of carbonyl (C=O) groups excluding carboxylic acids is 1. The summed E-state index contributed by atoms with van der Waals surface area (Å²) in [5.74, 6) is 0.0876. The van der Waals surface area contributed by atoms with Gasteiger partial charge >= 0.3 is 0 Å². The zero-order valence-electron chi connectivity index (χ0n) is 12.2. The van der Waals surface area contributed by atoms with E-state index in [1.165, 1.54) is 0 Å². The fraction of sp³-hybridized carbons (Fsp3) is 0.533. The molecule has 1 amide bonds. The Kier molecular flexibility index (Phi) is 4.95. The molecule has 0 aliphatic heterocycles. The quantitative estimate of drug-likeness (QED) is 0.774. The predicted molar refractivity (Wildman–Crippen MR) is 77.2 cm³/mol. The second kappa shape index (κ2) is 6.06. The summed E-state index contributed by atoms with van der Waals surface area (Å²) in [5, 5.41) is 13.0. The molecule has 1 aromatic carbocycles. The number of carbonyl (C=O) groups is 1. The first-order chi connectivity index (χ1) is 8.71. The Hall–Kier alpha value is -1.55. The Morgan fingerprint density at radius 2 is 2.05 bits per heavy atom. The number of rotatable bonds is 4. The first kappa shape index (κ1) is 15.5. The normalized spacial score (nSPS) is 13.1. The molecule has 106 valence electrons. The van der Waals surface area contributed by atoms with Gasteiger partial charge in [-0.25, -0.2) is 0 Å². The van der Waals surface area contributed by atoms with Crippen LogP contribution in [0.4, 0.5) is 0 Å². The van der Waals surface area contributed by atoms with Gasteiger partial charge in [-0.1, -0.05) is 39.0 Å². The number of para-hydroxylation sites is 1. The van der Waals surface area contributed by atoms with Crippen LogP contribution in [0.3, 0.4) is 0 Å². The zero-order chi connectivity index (χ0) is 14.6. The molecule has 0 saturated heterocycles. The van der Waals surface area contributed by atoms with Gasteiger partial charge in [-0.15, -0.1) is 0 Å². The molecule has 0 saturated carbocycles. The Balaban J connectivity index is 2.83. The van der Waals surface area contributed by atoms with Gasteiger partial charge in [-0.2, -0.15) is 0 Å². The van der Waals surface area contributed by atoms with Crippen molar-refractivity contribution in [1.29, 1.82) is 0 Å². The molecule has 0 aliphatic carbocycles. The minimum atomic E-state index is -0.150. The summed E-state index contributed by atoms with van der Waals surface area (Å²) in [6, 6.07) is 5.46. The van der Waals surface area contributed by atoms with E-state index in [-0.39, 0.29) is 29.5 Å². The van der Waals surface area contributed by atoms with Crippen LogP contribution in [0.15, 0.2) is 18.2 Å². The summed E-state index contributed by atoms with van der Waals surface area (Å²) >= 11 is 0. The van der Waals surface area contributed by atoms with Crippen LogP contribution in [-0.2, 0) is 16.6 Å². The van der Waals surface area contributed by atoms with Crippen molar-refractivity contribution in [2.75, 3.05) is 6.54 Å². The number of aromatic hydroxyl groups is 1. The molecule has 1 unspecified atom stereocenters. The number of hydrogen-bond acceptors (Lipinski definition) is 3. The molecule has 4 nitrogen and oxygen atoms in total. The fourth-order valence-corrected chi connectivity index (χ4v) is 1.85. The van der Waals surface area contributed by atoms with Crippen LogP contribution < -0.4 is 11.1 Å². The van der Waals surface area contributed by atoms with Crippen molar-refractivity contribution in [2.24, 2.45) is 5.73 Å². The van der Waals surface area contributed by atoms with E-state index >= 15 is 0 Å². The molecule has 1 aromatic rings. The average Bonchev–Trinajstić information content (AvgIpc) is 2.27. The molecule has 0 aliphatic rings. The van der Waals surface area contributed by atoms with Crippen LogP contribution in [0.2, 0.25) is 0 Å². The van der Waals surface area contributed by atoms with Crippen molar-refractivity contribution in [2.45, 2.75) is 45.6 Å². The van der Waals surface area contributed by atoms with Gasteiger partial charge in [0.25, 0.3) is 0 Å². The fourth-order valence-electron chi connectivity index (χ4n) is 1.85. The molecule has 4 N–H and O–H groups in total. The second-order valence-electron chi connectivity index (χ2n) is 6.02. The van der Waals surface area contributed by atoms with Crippen molar-refractivity contribution < 1.29 is 9.90 Å². The largest absolute Gasteiger partial charge is 0.507 e. The SMILES string of the molecule is CC(N)CNC(=O)Cc1cccc(C(C)(C)C)c1O. The maximum Gasteiger partial charge on any atom is 0.224 e. The maximum absolute atomic E-state index is 11.8. The van der Waals surface area contributed by atoms with Crippen molar-refractivity contribution in [3.8, 4) is 5.75 Å². The van der Waals surface area contributed by atoms with Crippen LogP contribution in [0.25, 0.3) is 0 Å². The molecule has 0 aromatic heterocycles. The van der Waals surface area contributed by atoms with Crippen LogP contribution in [0.5, 0.6) is 5.75 Å². The Labute approximate surface area is 115 Å². The Morgan fingerprint density at radius 1 is 1.42 bits per heavy atom. The Morgan fingerprint density at radius 3 is 2.58 bits per heavy atom. The topological polar surface area (TPSA) is 75.3 Å². The van der Waals surface area contributed by atoms with Crippen LogP contribution in [-0.4, -0.2) is 23.6 Å². The van der Waals surface area contributed by atoms with Crippen LogP contribution in [0.1, 0.15) is 38.8 Å². The third kappa shape index (κ3) is 4.56. The molecule has 0 fully saturated rings. The molecule has 0 heterocycles. The predicted octanol–water partition coefficient (Wildman–Crippen LogP) is 1.70. The van der Waals surface area contributed by atoms with E-state index in [0.717, 1.165) is 5.56 Å². The van der Waals surface area contributed by atoms with Gasteiger partial charge in [0, 0.05) is 18.2 Å². The molecule has 0 bridgehead atoms. The summed E-state index contributed by atoms with van der Waals surface area (Å²) in [4.78, 5) is 11.8. The first-order valence-corrected chi connectivity index (χ1v) is 6.55. The van der Waals surface area contributed by atoms with Gasteiger partial charge in [-0.3, -0.25) is 4.79 Å². The highest BCUT2D eigenvalue weighted by Gasteiger charge is 2.20. The van der Waals surface area contributed by atoms with Gasteiger partial charge in [-0.05, 0) is 17.9 Å². The lowest BCUT2D eigenvalue weighted by Gasteiger charge is -2.21. The van der Waals surface area contributed by atoms with E-state index in [4.69, 9.17) is 5.73 Å². The standard InChI is InChI=1S/C15H24N2O2/c1-10(16)9-17-13(18)8-11-6-5-7-12(14(11)19)15(2,3)4/h5-7,10,19H,8-9,16H2,1-4H3,(H,17,18). The van der Waals surface area contributed by atoms with Crippen LogP contribution in [0, 0.1) is 0 Å². The molecular weight excluding hydrogens is 240 g/mol. The summed E-state index contributed by atoms with van der Waals surface area (Å²) < 4.78 is 0. The van der Waals surface area contributed by atoms with E-state index < -0.39 is 0 Å². The van der Waals surface area contributed by atoms with Crippen molar-refractivity contribution >= 4 is 5.91 Å². The third-order valence-electron chi connectivity index (χ3n) is 2.90. The second-order valence-corrected chi connectivity index (χ2v) is 6.02. The van der Waals surface area contributed by atoms with Crippen molar-refractivity contribution in [3.63, 3.8) is 0 Å². The van der Waals surface area contributed by atoms with E-state index in [9.17, 15) is 9.90 Å². The smallest absolute Gasteiger partial charge is 0.224 e. The van der Waals surface area contributed by atoms with E-state index in [1.807, 2.05) is 39.8 Å². The lowest BCUT2D eigenvalue weighted by Crippen LogP contribution is -2.35. The van der Waals surface area contributed by atoms with Crippen molar-refractivity contribution in [1.82, 2.24) is 5.32 Å². The van der Waals surface area contributed by atoms with Gasteiger partial charge in [0.15, 0.2) is 0 Å². The number of phenols is 1. The van der Waals surface area contributed by atoms with Gasteiger partial charge in [0.1, 0.15) is 5.75 Å². The number of nitrogens with one attached hydrogen (secondary N) is 1. The van der Waals surface area contributed by atoms with Gasteiger partial charge in [0.05, 0.1) is 6.42 Å². The van der Waals surface area contributed by atoms with Crippen molar-refractivity contribution in [3.05, 3.63) is 29.3 Å². The minimum Gasteiger partial charge on any atom is -0.507 e. The Bertz CT molecular complexity index is 448. The highest BCUT2D eigenvalue weighted by Crippen LogP contribution is 2.33. The number of hydrogen-bond donors (Lipinski definition) is 3. The highest BCUT2D eigenvalue weighted by atomic mass is 16.3. The number of nitrogens with two attached hydrogens (primary N) is 1. The number of amides is 1. The zero-order valence-corrected chi connectivity index (χ0v) is 12.2. The molecular formula is C15H24N2O2. The van der Waals surface area contributed by atoms with E-state index in [1.54, 1.807) is 6.07 Å². The molecule has 0 spiro atoms. The summed E-state index contributed by atoms with van der Waals surface area (Å²) in [7, 11) is 0.